The van der Waals surface area contributed by atoms with Gasteiger partial charge in [-0.05, 0) is 72.1 Å². The fourth-order valence-corrected chi connectivity index (χ4v) is 6.06. The quantitative estimate of drug-likeness (QED) is 0.524. The molecular weight excluding hydrogens is 408 g/mol. The van der Waals surface area contributed by atoms with Gasteiger partial charge >= 0.3 is 0 Å². The molecule has 0 saturated carbocycles. The lowest BCUT2D eigenvalue weighted by atomic mass is 9.71. The summed E-state index contributed by atoms with van der Waals surface area (Å²) in [5, 5.41) is 1.62. The molecule has 1 heterocycles. The molecule has 0 aromatic heterocycles. The topological polar surface area (TPSA) is 55.2 Å². The summed E-state index contributed by atoms with van der Waals surface area (Å²) in [6.07, 6.45) is 5.00. The Balaban J connectivity index is 1.53. The van der Waals surface area contributed by atoms with E-state index in [1.807, 2.05) is 25.2 Å². The van der Waals surface area contributed by atoms with Crippen molar-refractivity contribution >= 4 is 11.6 Å². The molecule has 0 radical (unpaired) electrons. The van der Waals surface area contributed by atoms with Gasteiger partial charge in [-0.3, -0.25) is 0 Å². The van der Waals surface area contributed by atoms with Gasteiger partial charge in [0.25, 0.3) is 0 Å². The zero-order valence-corrected chi connectivity index (χ0v) is 18.7. The second-order valence-electron chi connectivity index (χ2n) is 9.49. The maximum absolute atomic E-state index is 7.38. The van der Waals surface area contributed by atoms with Crippen LogP contribution in [0.5, 0.6) is 0 Å². The Morgan fingerprint density at radius 3 is 2.55 bits per heavy atom. The van der Waals surface area contributed by atoms with E-state index in [1.165, 1.54) is 16.7 Å². The molecule has 164 valence electrons. The first-order valence-corrected chi connectivity index (χ1v) is 11.5. The fraction of sp³-hybridized carbons (Fsp3) is 0.286. The first-order valence-electron chi connectivity index (χ1n) is 11.5. The van der Waals surface area contributed by atoms with Gasteiger partial charge in [0.2, 0.25) is 11.7 Å². The van der Waals surface area contributed by atoms with Crippen LogP contribution in [-0.4, -0.2) is 18.1 Å². The molecule has 33 heavy (non-hydrogen) atoms. The van der Waals surface area contributed by atoms with Crippen LogP contribution >= 0.6 is 0 Å². The van der Waals surface area contributed by atoms with E-state index in [9.17, 15) is 0 Å². The number of rotatable bonds is 1. The van der Waals surface area contributed by atoms with Crippen LogP contribution in [-0.2, 0) is 29.8 Å². The normalized spacial score (nSPS) is 25.5. The van der Waals surface area contributed by atoms with Crippen LogP contribution in [0.2, 0.25) is 0 Å². The van der Waals surface area contributed by atoms with E-state index in [4.69, 9.17) is 22.1 Å². The molecule has 2 unspecified atom stereocenters. The minimum absolute atomic E-state index is 0.200. The van der Waals surface area contributed by atoms with Gasteiger partial charge in [-0.25, -0.2) is 19.7 Å². The number of nitrogens with two attached hydrogens (primary N) is 1. The van der Waals surface area contributed by atoms with Crippen LogP contribution < -0.4 is 5.73 Å². The molecule has 0 saturated heterocycles. The molecule has 2 aliphatic carbocycles. The Morgan fingerprint density at radius 2 is 1.76 bits per heavy atom. The number of fused-ring (bicyclic) bond motifs is 4. The van der Waals surface area contributed by atoms with Crippen molar-refractivity contribution in [3.05, 3.63) is 100 Å². The highest BCUT2D eigenvalue weighted by atomic mass is 16.7. The number of hydrogen-bond acceptors (Lipinski definition) is 4. The summed E-state index contributed by atoms with van der Waals surface area (Å²) in [5.74, 6) is 0.417. The van der Waals surface area contributed by atoms with Crippen molar-refractivity contribution < 1.29 is 4.84 Å². The van der Waals surface area contributed by atoms with Crippen LogP contribution in [0, 0.1) is 12.0 Å². The number of aliphatic imine (C=N–C) groups is 1. The molecule has 6 rings (SSSR count). The minimum Gasteiger partial charge on any atom is -0.368 e. The smallest absolute Gasteiger partial charge is 0.221 e. The van der Waals surface area contributed by atoms with E-state index in [1.54, 1.807) is 5.06 Å². The zero-order chi connectivity index (χ0) is 22.6. The lowest BCUT2D eigenvalue weighted by Crippen LogP contribution is -2.44. The number of hydroxylamine groups is 2. The molecule has 0 fully saturated rings. The average Bonchev–Trinajstić information content (AvgIpc) is 3.18. The number of aryl methyl sites for hydroxylation is 1. The van der Waals surface area contributed by atoms with Crippen LogP contribution in [0.3, 0.4) is 0 Å². The maximum Gasteiger partial charge on any atom is 0.221 e. The summed E-state index contributed by atoms with van der Waals surface area (Å²) < 4.78 is 0. The maximum atomic E-state index is 7.38. The van der Waals surface area contributed by atoms with Crippen LogP contribution in [0.25, 0.3) is 16.0 Å². The van der Waals surface area contributed by atoms with Gasteiger partial charge in [0, 0.05) is 18.0 Å². The molecule has 0 bridgehead atoms. The second-order valence-corrected chi connectivity index (χ2v) is 9.49. The van der Waals surface area contributed by atoms with Crippen molar-refractivity contribution in [2.45, 2.75) is 37.8 Å². The van der Waals surface area contributed by atoms with Crippen molar-refractivity contribution in [3.63, 3.8) is 0 Å². The Kier molecular flexibility index (Phi) is 4.36. The number of guanidine groups is 1. The van der Waals surface area contributed by atoms with Crippen molar-refractivity contribution in [3.8, 4) is 11.1 Å². The Bertz CT molecular complexity index is 1340. The molecule has 3 aromatic carbocycles. The highest BCUT2D eigenvalue weighted by Crippen LogP contribution is 2.60. The van der Waals surface area contributed by atoms with Gasteiger partial charge in [0.05, 0.1) is 6.57 Å². The largest absolute Gasteiger partial charge is 0.368 e. The average molecular weight is 435 g/mol. The summed E-state index contributed by atoms with van der Waals surface area (Å²) in [4.78, 5) is 15.3. The molecule has 2 atom stereocenters. The third-order valence-corrected chi connectivity index (χ3v) is 7.64. The zero-order valence-electron chi connectivity index (χ0n) is 18.7. The first-order chi connectivity index (χ1) is 16.0. The highest BCUT2D eigenvalue weighted by molar-refractivity contribution is 5.79. The van der Waals surface area contributed by atoms with E-state index in [2.05, 4.69) is 53.4 Å². The Hall–Kier alpha value is -3.62. The standard InChI is InChI=1S/C28H26N4O/c1-30-24-11-5-9-20(15-24)21-12-13-23-18-27(14-6-10-19-7-3-4-8-22(19)17-27)28(25(23)16-21)31-26(29)32(2)33-28/h3-5,7-9,11-13,15-16H,6,10,14,17-18H2,2H3,(H2,29,31). The van der Waals surface area contributed by atoms with E-state index in [0.717, 1.165) is 48.8 Å². The van der Waals surface area contributed by atoms with Crippen LogP contribution in [0.1, 0.15) is 35.1 Å². The van der Waals surface area contributed by atoms with Crippen LogP contribution in [0.4, 0.5) is 5.69 Å². The van der Waals surface area contributed by atoms with Crippen LogP contribution in [0.15, 0.2) is 71.7 Å². The predicted molar refractivity (Wildman–Crippen MR) is 130 cm³/mol. The molecular formula is C28H26N4O. The summed E-state index contributed by atoms with van der Waals surface area (Å²) in [6, 6.07) is 23.1. The Labute approximate surface area is 194 Å². The van der Waals surface area contributed by atoms with E-state index in [0.29, 0.717) is 11.6 Å². The molecule has 0 amide bonds. The van der Waals surface area contributed by atoms with Gasteiger partial charge in [0.15, 0.2) is 5.69 Å². The lowest BCUT2D eigenvalue weighted by Gasteiger charge is -2.40. The van der Waals surface area contributed by atoms with Gasteiger partial charge in [0.1, 0.15) is 0 Å². The molecule has 3 aliphatic rings. The van der Waals surface area contributed by atoms with Gasteiger partial charge in [-0.2, -0.15) is 0 Å². The van der Waals surface area contributed by atoms with E-state index in [-0.39, 0.29) is 5.41 Å². The molecule has 2 spiro atoms. The first kappa shape index (κ1) is 20.0. The molecule has 3 aromatic rings. The molecule has 2 N–H and O–H groups in total. The van der Waals surface area contributed by atoms with Gasteiger partial charge in [-0.15, -0.1) is 0 Å². The number of nitrogens with zero attached hydrogens (tertiary/aromatic N) is 3. The number of benzene rings is 3. The van der Waals surface area contributed by atoms with Crippen molar-refractivity contribution in [2.75, 3.05) is 7.05 Å². The highest BCUT2D eigenvalue weighted by Gasteiger charge is 2.62. The summed E-state index contributed by atoms with van der Waals surface area (Å²) in [5.41, 5.74) is 13.2. The molecule has 5 heteroatoms. The van der Waals surface area contributed by atoms with E-state index < -0.39 is 5.72 Å². The van der Waals surface area contributed by atoms with E-state index >= 15 is 0 Å². The van der Waals surface area contributed by atoms with Gasteiger partial charge in [-0.1, -0.05) is 54.6 Å². The number of hydrogen-bond donors (Lipinski definition) is 1. The third-order valence-electron chi connectivity index (χ3n) is 7.64. The van der Waals surface area contributed by atoms with Gasteiger partial charge < -0.3 is 5.73 Å². The minimum atomic E-state index is -0.841. The van der Waals surface area contributed by atoms with Crippen molar-refractivity contribution in [2.24, 2.45) is 16.1 Å². The fourth-order valence-electron chi connectivity index (χ4n) is 6.06. The Morgan fingerprint density at radius 1 is 0.970 bits per heavy atom. The summed E-state index contributed by atoms with van der Waals surface area (Å²) in [6.45, 7) is 7.38. The molecule has 1 aliphatic heterocycles. The summed E-state index contributed by atoms with van der Waals surface area (Å²) >= 11 is 0. The lowest BCUT2D eigenvalue weighted by molar-refractivity contribution is -0.223. The third kappa shape index (κ3) is 2.91. The summed E-state index contributed by atoms with van der Waals surface area (Å²) in [7, 11) is 1.84. The molecule has 5 nitrogen and oxygen atoms in total. The monoisotopic (exact) mass is 434 g/mol. The predicted octanol–water partition coefficient (Wildman–Crippen LogP) is 5.37. The second kappa shape index (κ2) is 7.19. The SMILES string of the molecule is [C-]#[N+]c1cccc(-c2ccc3c(c2)C2(N=C(N)N(C)O2)C2(CCCc4ccccc4C2)C3)c1. The van der Waals surface area contributed by atoms with Crippen molar-refractivity contribution in [1.29, 1.82) is 0 Å². The van der Waals surface area contributed by atoms with Crippen molar-refractivity contribution in [1.82, 2.24) is 5.06 Å².